The van der Waals surface area contributed by atoms with Crippen molar-refractivity contribution < 1.29 is 19.0 Å². The van der Waals surface area contributed by atoms with E-state index < -0.39 is 17.8 Å². The van der Waals surface area contributed by atoms with Crippen LogP contribution in [0.5, 0.6) is 5.75 Å². The van der Waals surface area contributed by atoms with Crippen LogP contribution < -0.4 is 5.73 Å². The number of carbonyl (C=O) groups is 1. The molecule has 4 nitrogen and oxygen atoms in total. The number of hydrogen-bond acceptors (Lipinski definition) is 4. The quantitative estimate of drug-likeness (QED) is 0.835. The molecule has 1 rings (SSSR count). The highest BCUT2D eigenvalue weighted by molar-refractivity contribution is 9.10. The van der Waals surface area contributed by atoms with E-state index in [2.05, 4.69) is 20.7 Å². The average Bonchev–Trinajstić information content (AvgIpc) is 2.22. The molecule has 1 atom stereocenters. The van der Waals surface area contributed by atoms with E-state index in [1.165, 1.54) is 7.11 Å². The second-order valence-electron chi connectivity index (χ2n) is 3.21. The summed E-state index contributed by atoms with van der Waals surface area (Å²) in [5, 5.41) is 9.63. The van der Waals surface area contributed by atoms with E-state index in [9.17, 15) is 14.3 Å². The fraction of sp³-hybridized carbons (Fsp3) is 0.300. The van der Waals surface area contributed by atoms with Crippen LogP contribution in [0.15, 0.2) is 16.6 Å². The van der Waals surface area contributed by atoms with Crippen LogP contribution in [0.1, 0.15) is 18.0 Å². The van der Waals surface area contributed by atoms with Crippen molar-refractivity contribution >= 4 is 34.3 Å². The highest BCUT2D eigenvalue weighted by atomic mass is 79.9. The van der Waals surface area contributed by atoms with Gasteiger partial charge >= 0.3 is 5.97 Å². The number of phenolic OH excluding ortho intramolecular Hbond substituents is 1. The van der Waals surface area contributed by atoms with Crippen molar-refractivity contribution in [3.63, 3.8) is 0 Å². The van der Waals surface area contributed by atoms with Crippen molar-refractivity contribution in [2.75, 3.05) is 7.11 Å². The van der Waals surface area contributed by atoms with Gasteiger partial charge in [0.05, 0.1) is 18.0 Å². The minimum absolute atomic E-state index is 0. The first-order valence-electron chi connectivity index (χ1n) is 4.46. The molecule has 0 spiro atoms. The number of carbonyl (C=O) groups excluding carboxylic acids is 1. The van der Waals surface area contributed by atoms with Crippen molar-refractivity contribution in [3.8, 4) is 5.75 Å². The van der Waals surface area contributed by atoms with Crippen LogP contribution in [0.4, 0.5) is 4.39 Å². The monoisotopic (exact) mass is 327 g/mol. The van der Waals surface area contributed by atoms with Gasteiger partial charge in [0.25, 0.3) is 0 Å². The number of aromatic hydroxyl groups is 1. The molecule has 0 aliphatic carbocycles. The first kappa shape index (κ1) is 16.1. The van der Waals surface area contributed by atoms with E-state index in [4.69, 9.17) is 5.73 Å². The van der Waals surface area contributed by atoms with Crippen LogP contribution in [0.3, 0.4) is 0 Å². The lowest BCUT2D eigenvalue weighted by Gasteiger charge is -2.13. The summed E-state index contributed by atoms with van der Waals surface area (Å²) >= 11 is 2.99. The molecule has 7 heteroatoms. The molecule has 0 aliphatic heterocycles. The van der Waals surface area contributed by atoms with Gasteiger partial charge in [-0.15, -0.1) is 12.4 Å². The Hall–Kier alpha value is -0.850. The van der Waals surface area contributed by atoms with Crippen LogP contribution in [0, 0.1) is 5.82 Å². The standard InChI is InChI=1S/C10H11BrFNO3.ClH/c1-16-9(14)4-8(13)6-2-5(12)3-7(11)10(6)15;/h2-3,8,15H,4,13H2,1H3;1H/t8-;/m1./s1. The largest absolute Gasteiger partial charge is 0.506 e. The molecule has 0 amide bonds. The van der Waals surface area contributed by atoms with E-state index in [1.54, 1.807) is 0 Å². The molecule has 1 aromatic carbocycles. The minimum atomic E-state index is -0.806. The Morgan fingerprint density at radius 3 is 2.76 bits per heavy atom. The van der Waals surface area contributed by atoms with Gasteiger partial charge in [0.2, 0.25) is 0 Å². The van der Waals surface area contributed by atoms with Crippen LogP contribution >= 0.6 is 28.3 Å². The third-order valence-electron chi connectivity index (χ3n) is 2.07. The highest BCUT2D eigenvalue weighted by Crippen LogP contribution is 2.33. The van der Waals surface area contributed by atoms with Gasteiger partial charge in [0.1, 0.15) is 11.6 Å². The number of rotatable bonds is 3. The molecule has 96 valence electrons. The number of hydrogen-bond donors (Lipinski definition) is 2. The zero-order valence-electron chi connectivity index (χ0n) is 8.94. The number of esters is 1. The van der Waals surface area contributed by atoms with Crippen LogP contribution in [0.25, 0.3) is 0 Å². The van der Waals surface area contributed by atoms with E-state index in [1.807, 2.05) is 0 Å². The molecule has 3 N–H and O–H groups in total. The van der Waals surface area contributed by atoms with Gasteiger partial charge in [-0.3, -0.25) is 4.79 Å². The molecule has 0 unspecified atom stereocenters. The first-order chi connectivity index (χ1) is 7.45. The van der Waals surface area contributed by atoms with Crippen molar-refractivity contribution in [1.29, 1.82) is 0 Å². The summed E-state index contributed by atoms with van der Waals surface area (Å²) in [6, 6.07) is 1.40. The predicted octanol–water partition coefficient (Wildman–Crippen LogP) is 2.28. The lowest BCUT2D eigenvalue weighted by Crippen LogP contribution is -2.16. The lowest BCUT2D eigenvalue weighted by atomic mass is 10.0. The van der Waals surface area contributed by atoms with Crippen molar-refractivity contribution in [2.24, 2.45) is 5.73 Å². The highest BCUT2D eigenvalue weighted by Gasteiger charge is 2.18. The Morgan fingerprint density at radius 1 is 1.65 bits per heavy atom. The molecular weight excluding hydrogens is 316 g/mol. The fourth-order valence-electron chi connectivity index (χ4n) is 1.24. The molecule has 0 heterocycles. The lowest BCUT2D eigenvalue weighted by molar-refractivity contribution is -0.141. The maximum absolute atomic E-state index is 13.1. The van der Waals surface area contributed by atoms with Gasteiger partial charge in [0.15, 0.2) is 0 Å². The zero-order chi connectivity index (χ0) is 12.3. The topological polar surface area (TPSA) is 72.5 Å². The summed E-state index contributed by atoms with van der Waals surface area (Å²) in [5.74, 6) is -1.23. The molecule has 0 bridgehead atoms. The number of methoxy groups -OCH3 is 1. The Bertz CT molecular complexity index is 417. The van der Waals surface area contributed by atoms with Crippen molar-refractivity contribution in [2.45, 2.75) is 12.5 Å². The molecule has 0 aromatic heterocycles. The molecule has 1 aromatic rings. The van der Waals surface area contributed by atoms with Gasteiger partial charge in [-0.1, -0.05) is 0 Å². The molecule has 0 fully saturated rings. The third-order valence-corrected chi connectivity index (χ3v) is 2.68. The molecule has 0 saturated carbocycles. The number of nitrogens with two attached hydrogens (primary N) is 1. The predicted molar refractivity (Wildman–Crippen MR) is 66.6 cm³/mol. The second kappa shape index (κ2) is 6.78. The number of phenols is 1. The first-order valence-corrected chi connectivity index (χ1v) is 5.25. The summed E-state index contributed by atoms with van der Waals surface area (Å²) < 4.78 is 17.7. The summed E-state index contributed by atoms with van der Waals surface area (Å²) in [6.07, 6.45) is -0.125. The fourth-order valence-corrected chi connectivity index (χ4v) is 1.69. The average molecular weight is 329 g/mol. The Morgan fingerprint density at radius 2 is 2.24 bits per heavy atom. The maximum atomic E-state index is 13.1. The van der Waals surface area contributed by atoms with Gasteiger partial charge in [-0.2, -0.15) is 0 Å². The summed E-state index contributed by atoms with van der Waals surface area (Å²) in [6.45, 7) is 0. The summed E-state index contributed by atoms with van der Waals surface area (Å²) in [4.78, 5) is 11.0. The molecule has 0 aliphatic rings. The SMILES string of the molecule is COC(=O)C[C@@H](N)c1cc(F)cc(Br)c1O.Cl. The zero-order valence-corrected chi connectivity index (χ0v) is 11.3. The molecule has 0 saturated heterocycles. The van der Waals surface area contributed by atoms with Gasteiger partial charge in [-0.05, 0) is 28.1 Å². The normalized spacial score (nSPS) is 11.5. The van der Waals surface area contributed by atoms with E-state index in [0.29, 0.717) is 0 Å². The molecular formula is C10H12BrClFNO3. The minimum Gasteiger partial charge on any atom is -0.506 e. The smallest absolute Gasteiger partial charge is 0.307 e. The molecule has 0 radical (unpaired) electrons. The van der Waals surface area contributed by atoms with Crippen LogP contribution in [0.2, 0.25) is 0 Å². The van der Waals surface area contributed by atoms with Gasteiger partial charge < -0.3 is 15.6 Å². The number of benzene rings is 1. The Kier molecular flexibility index (Phi) is 6.44. The summed E-state index contributed by atoms with van der Waals surface area (Å²) in [7, 11) is 1.23. The third kappa shape index (κ3) is 4.14. The van der Waals surface area contributed by atoms with E-state index in [-0.39, 0.29) is 34.6 Å². The van der Waals surface area contributed by atoms with Gasteiger partial charge in [0, 0.05) is 11.6 Å². The van der Waals surface area contributed by atoms with E-state index in [0.717, 1.165) is 12.1 Å². The van der Waals surface area contributed by atoms with Crippen molar-refractivity contribution in [3.05, 3.63) is 28.0 Å². The van der Waals surface area contributed by atoms with E-state index >= 15 is 0 Å². The van der Waals surface area contributed by atoms with Crippen LogP contribution in [-0.2, 0) is 9.53 Å². The van der Waals surface area contributed by atoms with Gasteiger partial charge in [-0.25, -0.2) is 4.39 Å². The van der Waals surface area contributed by atoms with Crippen molar-refractivity contribution in [1.82, 2.24) is 0 Å². The Labute approximate surface area is 112 Å². The van der Waals surface area contributed by atoms with Crippen LogP contribution in [-0.4, -0.2) is 18.2 Å². The Balaban J connectivity index is 0.00000256. The second-order valence-corrected chi connectivity index (χ2v) is 4.07. The number of ether oxygens (including phenoxy) is 1. The molecule has 17 heavy (non-hydrogen) atoms. The number of halogens is 3. The summed E-state index contributed by atoms with van der Waals surface area (Å²) in [5.41, 5.74) is 5.83. The maximum Gasteiger partial charge on any atom is 0.307 e.